The van der Waals surface area contributed by atoms with E-state index >= 15 is 0 Å². The highest BCUT2D eigenvalue weighted by molar-refractivity contribution is 5.97. The number of aromatic nitrogens is 2. The average Bonchev–Trinajstić information content (AvgIpc) is 3.34. The van der Waals surface area contributed by atoms with Crippen molar-refractivity contribution in [3.63, 3.8) is 0 Å². The number of imidazole rings is 1. The minimum atomic E-state index is 0.0461. The van der Waals surface area contributed by atoms with Crippen molar-refractivity contribution in [2.75, 3.05) is 18.0 Å². The van der Waals surface area contributed by atoms with Crippen LogP contribution in [0, 0.1) is 0 Å². The highest BCUT2D eigenvalue weighted by Crippen LogP contribution is 2.32. The molecule has 2 aromatic carbocycles. The summed E-state index contributed by atoms with van der Waals surface area (Å²) in [5.74, 6) is 1.04. The summed E-state index contributed by atoms with van der Waals surface area (Å²) < 4.78 is 0. The van der Waals surface area contributed by atoms with Crippen molar-refractivity contribution in [2.24, 2.45) is 0 Å². The molecule has 2 amide bonds. The van der Waals surface area contributed by atoms with Gasteiger partial charge in [-0.05, 0) is 43.0 Å². The highest BCUT2D eigenvalue weighted by Gasteiger charge is 2.33. The predicted molar refractivity (Wildman–Crippen MR) is 115 cm³/mol. The van der Waals surface area contributed by atoms with Gasteiger partial charge in [-0.1, -0.05) is 30.3 Å². The Kier molecular flexibility index (Phi) is 4.83. The van der Waals surface area contributed by atoms with E-state index in [0.717, 1.165) is 36.3 Å². The van der Waals surface area contributed by atoms with Gasteiger partial charge in [0.05, 0.1) is 0 Å². The smallest absolute Gasteiger partial charge is 0.253 e. The molecule has 2 aliphatic heterocycles. The number of piperidine rings is 1. The van der Waals surface area contributed by atoms with Crippen LogP contribution in [-0.2, 0) is 11.2 Å². The summed E-state index contributed by atoms with van der Waals surface area (Å²) in [4.78, 5) is 36.8. The maximum atomic E-state index is 13.0. The number of benzene rings is 2. The molecule has 0 saturated carbocycles. The van der Waals surface area contributed by atoms with Crippen molar-refractivity contribution in [1.29, 1.82) is 0 Å². The first kappa shape index (κ1) is 18.6. The average molecular weight is 400 g/mol. The number of para-hydroxylation sites is 1. The Hall–Kier alpha value is -3.41. The Morgan fingerprint density at radius 3 is 2.50 bits per heavy atom. The molecular formula is C24H24N4O2. The fraction of sp³-hybridized carbons (Fsp3) is 0.292. The first-order valence-corrected chi connectivity index (χ1v) is 10.5. The number of carbonyl (C=O) groups is 2. The lowest BCUT2D eigenvalue weighted by atomic mass is 9.95. The largest absolute Gasteiger partial charge is 0.345 e. The van der Waals surface area contributed by atoms with Crippen molar-refractivity contribution in [1.82, 2.24) is 14.9 Å². The van der Waals surface area contributed by atoms with Gasteiger partial charge in [0, 0.05) is 54.8 Å². The van der Waals surface area contributed by atoms with Gasteiger partial charge in [0.2, 0.25) is 5.91 Å². The van der Waals surface area contributed by atoms with Gasteiger partial charge in [0.25, 0.3) is 5.91 Å². The van der Waals surface area contributed by atoms with Gasteiger partial charge in [-0.25, -0.2) is 4.98 Å². The van der Waals surface area contributed by atoms with Gasteiger partial charge in [0.15, 0.2) is 0 Å². The molecule has 6 nitrogen and oxygen atoms in total. The van der Waals surface area contributed by atoms with E-state index in [9.17, 15) is 9.59 Å². The fourth-order valence-electron chi connectivity index (χ4n) is 4.56. The Morgan fingerprint density at radius 1 is 1.00 bits per heavy atom. The number of H-pyrrole nitrogens is 1. The van der Waals surface area contributed by atoms with E-state index in [2.05, 4.69) is 16.0 Å². The zero-order valence-corrected chi connectivity index (χ0v) is 16.8. The van der Waals surface area contributed by atoms with Gasteiger partial charge < -0.3 is 14.8 Å². The van der Waals surface area contributed by atoms with E-state index in [1.165, 1.54) is 5.56 Å². The number of aromatic amines is 1. The molecule has 1 saturated heterocycles. The van der Waals surface area contributed by atoms with Crippen LogP contribution >= 0.6 is 0 Å². The van der Waals surface area contributed by atoms with E-state index in [0.29, 0.717) is 25.1 Å². The summed E-state index contributed by atoms with van der Waals surface area (Å²) in [7, 11) is 0. The second kappa shape index (κ2) is 7.78. The summed E-state index contributed by atoms with van der Waals surface area (Å²) >= 11 is 0. The van der Waals surface area contributed by atoms with Crippen molar-refractivity contribution in [2.45, 2.75) is 31.7 Å². The summed E-state index contributed by atoms with van der Waals surface area (Å²) in [5.41, 5.74) is 3.93. The van der Waals surface area contributed by atoms with Crippen LogP contribution in [0.3, 0.4) is 0 Å². The molecule has 0 radical (unpaired) electrons. The Labute approximate surface area is 175 Å². The Balaban J connectivity index is 1.26. The van der Waals surface area contributed by atoms with Crippen LogP contribution in [0.25, 0.3) is 11.4 Å². The van der Waals surface area contributed by atoms with Crippen molar-refractivity contribution < 1.29 is 9.59 Å². The maximum absolute atomic E-state index is 13.0. The minimum Gasteiger partial charge on any atom is -0.345 e. The number of rotatable bonds is 3. The molecule has 3 aromatic rings. The lowest BCUT2D eigenvalue weighted by Crippen LogP contribution is -2.50. The molecule has 0 aliphatic carbocycles. The van der Waals surface area contributed by atoms with Crippen LogP contribution in [-0.4, -0.2) is 45.8 Å². The number of hydrogen-bond acceptors (Lipinski definition) is 3. The standard InChI is InChI=1S/C24H24N4O2/c29-22-10-9-17-3-1-2-4-21(17)28(22)20-11-15-27(16-12-20)24(30)19-7-5-18(6-8-19)23-25-13-14-26-23/h1-8,13-14,20H,9-12,15-16H2,(H,25,26). The van der Waals surface area contributed by atoms with Crippen LogP contribution in [0.2, 0.25) is 0 Å². The molecule has 1 N–H and O–H groups in total. The van der Waals surface area contributed by atoms with E-state index in [4.69, 9.17) is 0 Å². The third-order valence-electron chi connectivity index (χ3n) is 6.15. The van der Waals surface area contributed by atoms with Gasteiger partial charge in [-0.2, -0.15) is 0 Å². The molecular weight excluding hydrogens is 376 g/mol. The second-order valence-corrected chi connectivity index (χ2v) is 7.93. The topological polar surface area (TPSA) is 69.3 Å². The van der Waals surface area contributed by atoms with E-state index < -0.39 is 0 Å². The van der Waals surface area contributed by atoms with Crippen LogP contribution in [0.4, 0.5) is 5.69 Å². The first-order chi connectivity index (χ1) is 14.7. The van der Waals surface area contributed by atoms with Crippen molar-refractivity contribution in [3.05, 3.63) is 72.1 Å². The quantitative estimate of drug-likeness (QED) is 0.729. The van der Waals surface area contributed by atoms with Crippen LogP contribution in [0.15, 0.2) is 60.9 Å². The number of likely N-dealkylation sites (tertiary alicyclic amines) is 1. The number of hydrogen-bond donors (Lipinski definition) is 1. The molecule has 2 aliphatic rings. The second-order valence-electron chi connectivity index (χ2n) is 7.93. The zero-order valence-electron chi connectivity index (χ0n) is 16.8. The number of amides is 2. The predicted octanol–water partition coefficient (Wildman–Crippen LogP) is 3.66. The Bertz CT molecular complexity index is 1050. The minimum absolute atomic E-state index is 0.0461. The van der Waals surface area contributed by atoms with Crippen molar-refractivity contribution in [3.8, 4) is 11.4 Å². The number of carbonyl (C=O) groups excluding carboxylic acids is 2. The molecule has 6 heteroatoms. The SMILES string of the molecule is O=C(c1ccc(-c2ncc[nH]2)cc1)N1CCC(N2C(=O)CCc3ccccc32)CC1. The number of anilines is 1. The third-order valence-corrected chi connectivity index (χ3v) is 6.15. The first-order valence-electron chi connectivity index (χ1n) is 10.5. The van der Waals surface area contributed by atoms with Crippen molar-refractivity contribution >= 4 is 17.5 Å². The maximum Gasteiger partial charge on any atom is 0.253 e. The van der Waals surface area contributed by atoms with Gasteiger partial charge in [-0.15, -0.1) is 0 Å². The molecule has 0 bridgehead atoms. The van der Waals surface area contributed by atoms with Crippen LogP contribution in [0.5, 0.6) is 0 Å². The van der Waals surface area contributed by atoms with E-state index in [1.54, 1.807) is 12.4 Å². The fourth-order valence-corrected chi connectivity index (χ4v) is 4.56. The van der Waals surface area contributed by atoms with E-state index in [1.807, 2.05) is 52.3 Å². The molecule has 5 rings (SSSR count). The molecule has 0 spiro atoms. The molecule has 0 unspecified atom stereocenters. The summed E-state index contributed by atoms with van der Waals surface area (Å²) in [6.07, 6.45) is 6.48. The highest BCUT2D eigenvalue weighted by atomic mass is 16.2. The van der Waals surface area contributed by atoms with E-state index in [-0.39, 0.29) is 17.9 Å². The normalized spacial score (nSPS) is 17.1. The lowest BCUT2D eigenvalue weighted by molar-refractivity contribution is -0.119. The lowest BCUT2D eigenvalue weighted by Gasteiger charge is -2.41. The molecule has 1 fully saturated rings. The number of aryl methyl sites for hydroxylation is 1. The van der Waals surface area contributed by atoms with Crippen LogP contribution in [0.1, 0.15) is 35.2 Å². The summed E-state index contributed by atoms with van der Waals surface area (Å²) in [5, 5.41) is 0. The Morgan fingerprint density at radius 2 is 1.77 bits per heavy atom. The third kappa shape index (κ3) is 3.38. The van der Waals surface area contributed by atoms with Crippen LogP contribution < -0.4 is 4.90 Å². The summed E-state index contributed by atoms with van der Waals surface area (Å²) in [6.45, 7) is 1.32. The number of nitrogens with zero attached hydrogens (tertiary/aromatic N) is 3. The summed E-state index contributed by atoms with van der Waals surface area (Å²) in [6, 6.07) is 15.9. The monoisotopic (exact) mass is 400 g/mol. The van der Waals surface area contributed by atoms with Gasteiger partial charge in [-0.3, -0.25) is 9.59 Å². The number of fused-ring (bicyclic) bond motifs is 1. The molecule has 152 valence electrons. The van der Waals surface area contributed by atoms with Gasteiger partial charge >= 0.3 is 0 Å². The molecule has 0 atom stereocenters. The number of nitrogens with one attached hydrogen (secondary N) is 1. The zero-order chi connectivity index (χ0) is 20.5. The molecule has 1 aromatic heterocycles. The van der Waals surface area contributed by atoms with Gasteiger partial charge in [0.1, 0.15) is 5.82 Å². The molecule has 3 heterocycles. The molecule has 30 heavy (non-hydrogen) atoms.